The van der Waals surface area contributed by atoms with Gasteiger partial charge in [-0.2, -0.15) is 0 Å². The van der Waals surface area contributed by atoms with Gasteiger partial charge >= 0.3 is 0 Å². The van der Waals surface area contributed by atoms with Crippen LogP contribution in [0.25, 0.3) is 0 Å². The first kappa shape index (κ1) is 9.53. The van der Waals surface area contributed by atoms with Crippen molar-refractivity contribution in [1.29, 1.82) is 0 Å². The Hall–Kier alpha value is -1.02. The second-order valence-corrected chi connectivity index (χ2v) is 4.09. The third-order valence-electron chi connectivity index (χ3n) is 2.52. The number of hydrogen-bond donors (Lipinski definition) is 1. The van der Waals surface area contributed by atoms with Crippen LogP contribution in [-0.2, 0) is 4.79 Å². The largest absolute Gasteiger partial charge is 0.349 e. The van der Waals surface area contributed by atoms with E-state index in [1.54, 1.807) is 0 Å². The van der Waals surface area contributed by atoms with Crippen LogP contribution in [0.3, 0.4) is 0 Å². The molecule has 1 heterocycles. The number of carbonyl (C=O) groups excluding carboxylic acids is 1. The van der Waals surface area contributed by atoms with Crippen LogP contribution in [-0.4, -0.2) is 5.91 Å². The fourth-order valence-corrected chi connectivity index (χ4v) is 2.03. The zero-order chi connectivity index (χ0) is 10.1. The number of amides is 1. The molecular formula is C11H12ClNO. The Kier molecular flexibility index (Phi) is 2.46. The molecule has 1 amide bonds. The maximum atomic E-state index is 11.1. The highest BCUT2D eigenvalue weighted by atomic mass is 35.5. The summed E-state index contributed by atoms with van der Waals surface area (Å²) in [5.41, 5.74) is 2.21. The van der Waals surface area contributed by atoms with Gasteiger partial charge in [-0.3, -0.25) is 4.79 Å². The summed E-state index contributed by atoms with van der Waals surface area (Å²) in [4.78, 5) is 11.1. The smallest absolute Gasteiger partial charge is 0.220 e. The van der Waals surface area contributed by atoms with E-state index in [0.717, 1.165) is 17.0 Å². The van der Waals surface area contributed by atoms with Gasteiger partial charge in [0.15, 0.2) is 0 Å². The Morgan fingerprint density at radius 2 is 2.29 bits per heavy atom. The van der Waals surface area contributed by atoms with Crippen molar-refractivity contribution in [2.24, 2.45) is 0 Å². The average molecular weight is 210 g/mol. The van der Waals surface area contributed by atoms with E-state index in [1.807, 2.05) is 25.1 Å². The minimum Gasteiger partial charge on any atom is -0.349 e. The van der Waals surface area contributed by atoms with Crippen molar-refractivity contribution in [2.75, 3.05) is 0 Å². The van der Waals surface area contributed by atoms with Gasteiger partial charge in [-0.15, -0.1) is 0 Å². The van der Waals surface area contributed by atoms with E-state index in [0.29, 0.717) is 6.42 Å². The van der Waals surface area contributed by atoms with E-state index in [2.05, 4.69) is 5.32 Å². The summed E-state index contributed by atoms with van der Waals surface area (Å²) >= 11 is 6.07. The fourth-order valence-electron chi connectivity index (χ4n) is 1.78. The second kappa shape index (κ2) is 3.62. The van der Waals surface area contributed by atoms with Crippen LogP contribution in [0.2, 0.25) is 5.02 Å². The van der Waals surface area contributed by atoms with Crippen LogP contribution >= 0.6 is 11.6 Å². The molecule has 0 aliphatic carbocycles. The first-order chi connectivity index (χ1) is 6.66. The van der Waals surface area contributed by atoms with E-state index < -0.39 is 0 Å². The summed E-state index contributed by atoms with van der Waals surface area (Å²) in [5.74, 6) is 0.118. The monoisotopic (exact) mass is 209 g/mol. The molecule has 0 bridgehead atoms. The minimum absolute atomic E-state index is 0.106. The zero-order valence-corrected chi connectivity index (χ0v) is 8.77. The molecule has 0 aromatic heterocycles. The summed E-state index contributed by atoms with van der Waals surface area (Å²) in [7, 11) is 0. The van der Waals surface area contributed by atoms with Crippen molar-refractivity contribution in [3.63, 3.8) is 0 Å². The van der Waals surface area contributed by atoms with Crippen molar-refractivity contribution < 1.29 is 4.79 Å². The predicted octanol–water partition coefficient (Wildman–Crippen LogP) is 2.60. The van der Waals surface area contributed by atoms with Crippen LogP contribution in [0.4, 0.5) is 0 Å². The lowest BCUT2D eigenvalue weighted by atomic mass is 10.0. The molecule has 1 aromatic rings. The zero-order valence-electron chi connectivity index (χ0n) is 8.01. The van der Waals surface area contributed by atoms with Crippen molar-refractivity contribution in [3.8, 4) is 0 Å². The number of aryl methyl sites for hydroxylation is 1. The van der Waals surface area contributed by atoms with Crippen molar-refractivity contribution in [1.82, 2.24) is 5.32 Å². The number of benzene rings is 1. The molecule has 1 fully saturated rings. The highest BCUT2D eigenvalue weighted by Gasteiger charge is 2.23. The van der Waals surface area contributed by atoms with E-state index in [-0.39, 0.29) is 11.9 Å². The Balaban J connectivity index is 2.31. The normalized spacial score (nSPS) is 21.0. The minimum atomic E-state index is 0.106. The van der Waals surface area contributed by atoms with Crippen LogP contribution in [0, 0.1) is 6.92 Å². The fraction of sp³-hybridized carbons (Fsp3) is 0.364. The highest BCUT2D eigenvalue weighted by Crippen LogP contribution is 2.30. The van der Waals surface area contributed by atoms with Gasteiger partial charge in [0.25, 0.3) is 0 Å². The maximum Gasteiger partial charge on any atom is 0.220 e. The van der Waals surface area contributed by atoms with E-state index in [1.165, 1.54) is 5.56 Å². The second-order valence-electron chi connectivity index (χ2n) is 3.68. The molecule has 2 nitrogen and oxygen atoms in total. The van der Waals surface area contributed by atoms with E-state index in [9.17, 15) is 4.79 Å². The van der Waals surface area contributed by atoms with E-state index >= 15 is 0 Å². The summed E-state index contributed by atoms with van der Waals surface area (Å²) in [6.07, 6.45) is 1.46. The van der Waals surface area contributed by atoms with Crippen molar-refractivity contribution in [2.45, 2.75) is 25.8 Å². The Morgan fingerprint density at radius 3 is 2.93 bits per heavy atom. The number of halogens is 1. The molecular weight excluding hydrogens is 198 g/mol. The molecule has 0 saturated carbocycles. The Labute approximate surface area is 88.3 Å². The van der Waals surface area contributed by atoms with Gasteiger partial charge in [-0.05, 0) is 25.0 Å². The molecule has 1 aliphatic rings. The van der Waals surface area contributed by atoms with Gasteiger partial charge in [0.1, 0.15) is 0 Å². The SMILES string of the molecule is Cc1ccc(Cl)c(C2CCC(=O)N2)c1. The van der Waals surface area contributed by atoms with Crippen LogP contribution < -0.4 is 5.32 Å². The third-order valence-corrected chi connectivity index (χ3v) is 2.87. The van der Waals surface area contributed by atoms with Gasteiger partial charge in [0.05, 0.1) is 6.04 Å². The number of rotatable bonds is 1. The molecule has 2 rings (SSSR count). The van der Waals surface area contributed by atoms with E-state index in [4.69, 9.17) is 11.6 Å². The molecule has 0 spiro atoms. The first-order valence-electron chi connectivity index (χ1n) is 4.72. The molecule has 74 valence electrons. The molecule has 1 N–H and O–H groups in total. The van der Waals surface area contributed by atoms with Gasteiger partial charge in [-0.1, -0.05) is 29.3 Å². The molecule has 1 aromatic carbocycles. The number of nitrogens with one attached hydrogen (secondary N) is 1. The lowest BCUT2D eigenvalue weighted by Gasteiger charge is -2.12. The lowest BCUT2D eigenvalue weighted by Crippen LogP contribution is -2.18. The number of hydrogen-bond acceptors (Lipinski definition) is 1. The van der Waals surface area contributed by atoms with Crippen molar-refractivity contribution in [3.05, 3.63) is 34.3 Å². The predicted molar refractivity (Wildman–Crippen MR) is 56.3 cm³/mol. The molecule has 14 heavy (non-hydrogen) atoms. The van der Waals surface area contributed by atoms with Gasteiger partial charge in [-0.25, -0.2) is 0 Å². The summed E-state index contributed by atoms with van der Waals surface area (Å²) in [6, 6.07) is 6.01. The standard InChI is InChI=1S/C11H12ClNO/c1-7-2-3-9(12)8(6-7)10-4-5-11(14)13-10/h2-3,6,10H,4-5H2,1H3,(H,13,14). The topological polar surface area (TPSA) is 29.1 Å². The molecule has 0 radical (unpaired) electrons. The van der Waals surface area contributed by atoms with Crippen LogP contribution in [0.1, 0.15) is 30.0 Å². The molecule has 1 atom stereocenters. The molecule has 1 unspecified atom stereocenters. The summed E-state index contributed by atoms with van der Waals surface area (Å²) in [6.45, 7) is 2.02. The summed E-state index contributed by atoms with van der Waals surface area (Å²) < 4.78 is 0. The average Bonchev–Trinajstić information content (AvgIpc) is 2.56. The Morgan fingerprint density at radius 1 is 1.50 bits per heavy atom. The molecule has 3 heteroatoms. The molecule has 1 aliphatic heterocycles. The van der Waals surface area contributed by atoms with Gasteiger partial charge in [0, 0.05) is 11.4 Å². The molecule has 1 saturated heterocycles. The van der Waals surface area contributed by atoms with Gasteiger partial charge < -0.3 is 5.32 Å². The Bertz CT molecular complexity index is 376. The summed E-state index contributed by atoms with van der Waals surface area (Å²) in [5, 5.41) is 3.65. The van der Waals surface area contributed by atoms with Gasteiger partial charge in [0.2, 0.25) is 5.91 Å². The maximum absolute atomic E-state index is 11.1. The third kappa shape index (κ3) is 1.75. The van der Waals surface area contributed by atoms with Crippen molar-refractivity contribution >= 4 is 17.5 Å². The first-order valence-corrected chi connectivity index (χ1v) is 5.10. The highest BCUT2D eigenvalue weighted by molar-refractivity contribution is 6.31. The van der Waals surface area contributed by atoms with Crippen LogP contribution in [0.15, 0.2) is 18.2 Å². The number of carbonyl (C=O) groups is 1. The van der Waals surface area contributed by atoms with Crippen LogP contribution in [0.5, 0.6) is 0 Å². The lowest BCUT2D eigenvalue weighted by molar-refractivity contribution is -0.119. The quantitative estimate of drug-likeness (QED) is 0.757.